The molecule has 0 aromatic rings. The van der Waals surface area contributed by atoms with Crippen molar-refractivity contribution in [3.8, 4) is 0 Å². The van der Waals surface area contributed by atoms with Gasteiger partial charge in [0.1, 0.15) is 0 Å². The minimum atomic E-state index is -1.75. The largest absolute Gasteiger partial charge is 2.00 e. The van der Waals surface area contributed by atoms with Crippen LogP contribution in [-0.4, -0.2) is 68.5 Å². The Kier molecular flexibility index (Phi) is 345. The Morgan fingerprint density at radius 2 is 0.758 bits per heavy atom. The monoisotopic (exact) mass is 1950 g/mol. The van der Waals surface area contributed by atoms with Crippen molar-refractivity contribution in [3.05, 3.63) is 56.1 Å². The predicted octanol–water partition coefficient (Wildman–Crippen LogP) is -5.79. The summed E-state index contributed by atoms with van der Waals surface area (Å²) in [6.07, 6.45) is 0. The van der Waals surface area contributed by atoms with Gasteiger partial charge in [-0.1, -0.05) is 0 Å². The number of hydrogen-bond donors (Lipinski definition) is 1. The van der Waals surface area contributed by atoms with Crippen LogP contribution in [0.2, 0.25) is 0 Å². The summed E-state index contributed by atoms with van der Waals surface area (Å²) in [4.78, 5) is 33.1. The van der Waals surface area contributed by atoms with E-state index in [1.807, 2.05) is 0 Å². The number of hydrogen-bond acceptors (Lipinski definition) is 11. The molecule has 0 aromatic carbocycles. The normalized spacial score (nSPS) is 4.79. The summed E-state index contributed by atoms with van der Waals surface area (Å²) >= 11 is 14.5. The Morgan fingerprint density at radius 1 is 0.758 bits per heavy atom. The molecular formula is HAg6Br2Cl2F2I3N4O12Pb2. The van der Waals surface area contributed by atoms with Crippen LogP contribution in [0.25, 0.3) is 0 Å². The van der Waals surface area contributed by atoms with E-state index in [0.29, 0.717) is 16.5 Å². The van der Waals surface area contributed by atoms with Crippen LogP contribution in [0.4, 0.5) is 0 Å². The summed E-state index contributed by atoms with van der Waals surface area (Å²) in [6.45, 7) is 0. The van der Waals surface area contributed by atoms with Gasteiger partial charge in [0, 0.05) is 0 Å². The first-order chi connectivity index (χ1) is 11.2. The van der Waals surface area contributed by atoms with Crippen LogP contribution in [0.3, 0.4) is 0 Å². The summed E-state index contributed by atoms with van der Waals surface area (Å²) in [5.74, 6) is 0. The van der Waals surface area contributed by atoms with Gasteiger partial charge in [-0.25, -0.2) is 0 Å². The van der Waals surface area contributed by atoms with Crippen LogP contribution in [0.15, 0.2) is 0 Å². The third kappa shape index (κ3) is 1170. The minimum Gasteiger partial charge on any atom is 2.00 e. The van der Waals surface area contributed by atoms with Gasteiger partial charge in [0.15, 0.2) is 0 Å². The molecule has 230 valence electrons. The van der Waals surface area contributed by atoms with Crippen LogP contribution >= 0.6 is 89.8 Å². The van der Waals surface area contributed by atoms with Crippen LogP contribution in [0, 0.1) is 56.1 Å². The van der Waals surface area contributed by atoms with Crippen molar-refractivity contribution in [1.82, 2.24) is 0 Å². The molecule has 33 heavy (non-hydrogen) atoms. The second-order valence-corrected chi connectivity index (χ2v) is 42.0. The molecule has 0 aliphatic carbocycles. The summed E-state index contributed by atoms with van der Waals surface area (Å²) in [6, 6.07) is 0. The number of halogens is 9. The second kappa shape index (κ2) is 117. The van der Waals surface area contributed by atoms with Crippen LogP contribution in [0.5, 0.6) is 0 Å². The number of nitrogens with zero attached hydrogens (tertiary/aromatic N) is 4. The molecule has 1 N–H and O–H groups in total. The summed E-state index contributed by atoms with van der Waals surface area (Å²) < 4.78 is 0. The Hall–Kier alpha value is 6.68. The zero-order chi connectivity index (χ0) is 22.4. The molecular weight excluding hydrogens is 1960 g/mol. The van der Waals surface area contributed by atoms with E-state index < -0.39 is 20.3 Å². The van der Waals surface area contributed by atoms with E-state index in [9.17, 15) is 0 Å². The van der Waals surface area contributed by atoms with Crippen molar-refractivity contribution < 1.29 is 167 Å². The predicted molar refractivity (Wildman–Crippen MR) is 117 cm³/mol. The first-order valence-corrected chi connectivity index (χ1v) is 38.0. The quantitative estimate of drug-likeness (QED) is 0.103. The van der Waals surface area contributed by atoms with E-state index in [0.717, 1.165) is 13.8 Å². The fourth-order valence-corrected chi connectivity index (χ4v) is 0. The Morgan fingerprint density at radius 3 is 0.758 bits per heavy atom. The van der Waals surface area contributed by atoms with Gasteiger partial charge in [-0.05, 0) is 0 Å². The summed E-state index contributed by atoms with van der Waals surface area (Å²) in [5.41, 5.74) is 0. The molecule has 0 spiro atoms. The zero-order valence-electron chi connectivity index (χ0n) is 12.9. The first-order valence-electron chi connectivity index (χ1n) is 3.04. The molecule has 0 saturated carbocycles. The molecule has 0 aromatic heterocycles. The van der Waals surface area contributed by atoms with Crippen molar-refractivity contribution in [2.45, 2.75) is 0 Å². The van der Waals surface area contributed by atoms with Crippen LogP contribution in [-0.2, 0) is 120 Å². The van der Waals surface area contributed by atoms with Gasteiger partial charge in [0.2, 0.25) is 0 Å². The standard InChI is InChI=1S/6Ag.2BrH.2ClH.2FH.3HI.HNO3.3NO3.2Pb/c;;;;;;;;;;;;;;;4*2-1(3)4;;/h;;;;;;9*1H;(H,2,3,4);;;;;/q4*+1;2*+2;;;;;;;;;;;3*-1;2*+2/p-9. The molecule has 16 nitrogen and oxygen atoms in total. The van der Waals surface area contributed by atoms with Crippen LogP contribution < -0.4 is 21.8 Å². The summed E-state index contributed by atoms with van der Waals surface area (Å²) in [7, 11) is 4.95. The molecule has 0 unspecified atom stereocenters. The fourth-order valence-electron chi connectivity index (χ4n) is 0. The molecule has 0 rings (SSSR count). The first kappa shape index (κ1) is 97.5. The Bertz CT molecular complexity index is 259. The molecule has 0 heterocycles. The van der Waals surface area contributed by atoms with Crippen LogP contribution in [0.1, 0.15) is 0 Å². The molecule has 33 heteroatoms. The fraction of sp³-hybridized carbons (Fsp3) is 0. The molecule has 0 fully saturated rings. The van der Waals surface area contributed by atoms with Gasteiger partial charge in [-0.15, -0.1) is 10.1 Å². The maximum absolute atomic E-state index is 8.36. The SMILES string of the molecule is O=[N+]([O-])O.O=[N+]([O-])[O-].O=[N+]([O-])[O-].O=[N+]([O-])[O-].[Ag+].[Ag+].[Ag+].[Ag+].[Br][Ag][I].[Cl-].[Cl][Ag][Br].[F-].[F-].[I][Pb][I].[Pb+2]. The summed E-state index contributed by atoms with van der Waals surface area (Å²) in [5, 5.41) is 57.9. The molecule has 0 atom stereocenters. The average Bonchev–Trinajstić information content (AvgIpc) is 2.27. The van der Waals surface area contributed by atoms with Gasteiger partial charge in [-0.3, -0.25) is 0 Å². The van der Waals surface area contributed by atoms with Gasteiger partial charge in [-0.2, -0.15) is 0 Å². The molecule has 0 saturated heterocycles. The van der Waals surface area contributed by atoms with Gasteiger partial charge in [0.25, 0.3) is 5.09 Å². The average molecular weight is 1960 g/mol. The molecule has 0 aliphatic heterocycles. The maximum Gasteiger partial charge on any atom is 2.00 e. The smallest absolute Gasteiger partial charge is 2.00 e. The van der Waals surface area contributed by atoms with Crippen molar-refractivity contribution in [2.24, 2.45) is 0 Å². The van der Waals surface area contributed by atoms with Gasteiger partial charge >= 0.3 is 253 Å². The third-order valence-electron chi connectivity index (χ3n) is 0. The van der Waals surface area contributed by atoms with E-state index in [1.165, 1.54) is 0 Å². The van der Waals surface area contributed by atoms with E-state index in [-0.39, 0.29) is 154 Å². The topological polar surface area (TPSA) is 262 Å². The Balaban J connectivity index is -0.00000000850. The number of rotatable bonds is 0. The minimum absolute atomic E-state index is 0. The van der Waals surface area contributed by atoms with Crippen molar-refractivity contribution in [3.63, 3.8) is 0 Å². The van der Waals surface area contributed by atoms with Crippen molar-refractivity contribution in [2.75, 3.05) is 0 Å². The zero-order valence-corrected chi connectivity index (χ0v) is 40.8. The van der Waals surface area contributed by atoms with E-state index >= 15 is 0 Å². The third-order valence-corrected chi connectivity index (χ3v) is 0. The molecule has 0 bridgehead atoms. The van der Waals surface area contributed by atoms with Gasteiger partial charge in [0.05, 0.1) is 15.3 Å². The van der Waals surface area contributed by atoms with Crippen molar-refractivity contribution >= 4 is 133 Å². The van der Waals surface area contributed by atoms with E-state index in [4.69, 9.17) is 70.5 Å². The molecule has 4 radical (unpaired) electrons. The van der Waals surface area contributed by atoms with Gasteiger partial charge < -0.3 is 73.0 Å². The Labute approximate surface area is 347 Å². The second-order valence-electron chi connectivity index (χ2n) is 1.07. The van der Waals surface area contributed by atoms with Crippen molar-refractivity contribution in [1.29, 1.82) is 0 Å². The molecule has 0 aliphatic rings. The van der Waals surface area contributed by atoms with E-state index in [2.05, 4.69) is 80.6 Å². The van der Waals surface area contributed by atoms with E-state index in [1.54, 1.807) is 0 Å². The maximum atomic E-state index is 8.36. The molecule has 0 amide bonds.